The highest BCUT2D eigenvalue weighted by atomic mass is 79.9. The van der Waals surface area contributed by atoms with Crippen molar-refractivity contribution in [3.05, 3.63) is 70.5 Å². The van der Waals surface area contributed by atoms with E-state index >= 15 is 0 Å². The fourth-order valence-corrected chi connectivity index (χ4v) is 3.84. The summed E-state index contributed by atoms with van der Waals surface area (Å²) in [6, 6.07) is 17.7. The van der Waals surface area contributed by atoms with Gasteiger partial charge < -0.3 is 14.1 Å². The fourth-order valence-electron chi connectivity index (χ4n) is 3.57. The Morgan fingerprint density at radius 1 is 1.07 bits per heavy atom. The van der Waals surface area contributed by atoms with E-state index in [0.717, 1.165) is 15.6 Å². The molecular weight excluding hydrogens is 448 g/mol. The smallest absolute Gasteiger partial charge is 0.409 e. The first kappa shape index (κ1) is 20.6. The van der Waals surface area contributed by atoms with Crippen LogP contribution in [0, 0.1) is 0 Å². The lowest BCUT2D eigenvalue weighted by Gasteiger charge is -2.37. The Morgan fingerprint density at radius 3 is 2.43 bits per heavy atom. The molecule has 0 unspecified atom stereocenters. The van der Waals surface area contributed by atoms with Gasteiger partial charge in [-0.05, 0) is 36.8 Å². The maximum absolute atomic E-state index is 12.1. The van der Waals surface area contributed by atoms with E-state index in [1.807, 2.05) is 49.4 Å². The number of hydrogen-bond donors (Lipinski definition) is 0. The van der Waals surface area contributed by atoms with Gasteiger partial charge in [-0.15, -0.1) is 10.2 Å². The fraction of sp³-hybridized carbons (Fsp3) is 0.318. The van der Waals surface area contributed by atoms with E-state index in [2.05, 4.69) is 43.2 Å². The molecule has 1 aromatic heterocycles. The molecule has 0 aliphatic carbocycles. The second kappa shape index (κ2) is 9.40. The Kier molecular flexibility index (Phi) is 6.44. The number of nitrogens with zero attached hydrogens (tertiary/aromatic N) is 4. The molecule has 4 rings (SSSR count). The molecule has 1 amide bonds. The minimum atomic E-state index is -0.263. The number of halogens is 1. The van der Waals surface area contributed by atoms with Gasteiger partial charge in [0.05, 0.1) is 6.61 Å². The molecule has 7 nitrogen and oxygen atoms in total. The molecule has 8 heteroatoms. The summed E-state index contributed by atoms with van der Waals surface area (Å²) in [4.78, 5) is 16.1. The molecule has 1 aliphatic heterocycles. The molecule has 0 radical (unpaired) electrons. The molecule has 1 aliphatic rings. The average molecular weight is 471 g/mol. The number of amides is 1. The number of carbonyl (C=O) groups is 1. The highest BCUT2D eigenvalue weighted by molar-refractivity contribution is 9.10. The third-order valence-electron chi connectivity index (χ3n) is 5.09. The van der Waals surface area contributed by atoms with Crippen LogP contribution in [0.1, 0.15) is 24.4 Å². The van der Waals surface area contributed by atoms with Crippen LogP contribution < -0.4 is 0 Å². The van der Waals surface area contributed by atoms with Gasteiger partial charge in [0.1, 0.15) is 6.04 Å². The summed E-state index contributed by atoms with van der Waals surface area (Å²) >= 11 is 3.50. The van der Waals surface area contributed by atoms with Crippen molar-refractivity contribution < 1.29 is 13.9 Å². The van der Waals surface area contributed by atoms with Crippen LogP contribution in [-0.2, 0) is 4.74 Å². The summed E-state index contributed by atoms with van der Waals surface area (Å²) in [6.45, 7) is 4.74. The average Bonchev–Trinajstić information content (AvgIpc) is 3.26. The lowest BCUT2D eigenvalue weighted by Crippen LogP contribution is -2.50. The lowest BCUT2D eigenvalue weighted by atomic mass is 10.0. The van der Waals surface area contributed by atoms with Crippen molar-refractivity contribution in [2.75, 3.05) is 32.8 Å². The topological polar surface area (TPSA) is 71.7 Å². The van der Waals surface area contributed by atoms with Crippen molar-refractivity contribution in [2.45, 2.75) is 13.0 Å². The van der Waals surface area contributed by atoms with E-state index < -0.39 is 0 Å². The van der Waals surface area contributed by atoms with E-state index in [4.69, 9.17) is 9.15 Å². The molecule has 0 N–H and O–H groups in total. The van der Waals surface area contributed by atoms with Crippen molar-refractivity contribution >= 4 is 22.0 Å². The van der Waals surface area contributed by atoms with Crippen LogP contribution in [0.5, 0.6) is 0 Å². The number of piperazine rings is 1. The quantitative estimate of drug-likeness (QED) is 0.551. The van der Waals surface area contributed by atoms with E-state index in [1.165, 1.54) is 0 Å². The van der Waals surface area contributed by atoms with E-state index in [9.17, 15) is 4.79 Å². The summed E-state index contributed by atoms with van der Waals surface area (Å²) in [5.74, 6) is 1.04. The molecule has 2 aromatic carbocycles. The highest BCUT2D eigenvalue weighted by Crippen LogP contribution is 2.31. The molecule has 30 heavy (non-hydrogen) atoms. The molecule has 3 aromatic rings. The van der Waals surface area contributed by atoms with Crippen LogP contribution in [0.3, 0.4) is 0 Å². The van der Waals surface area contributed by atoms with Crippen molar-refractivity contribution in [1.29, 1.82) is 0 Å². The minimum absolute atomic E-state index is 0.188. The first-order valence-corrected chi connectivity index (χ1v) is 10.7. The second-order valence-electron chi connectivity index (χ2n) is 6.99. The number of aromatic nitrogens is 2. The number of ether oxygens (including phenoxy) is 1. The normalized spacial score (nSPS) is 15.7. The Labute approximate surface area is 183 Å². The predicted octanol–water partition coefficient (Wildman–Crippen LogP) is 4.36. The van der Waals surface area contributed by atoms with Crippen molar-refractivity contribution in [3.63, 3.8) is 0 Å². The molecule has 1 fully saturated rings. The molecular formula is C22H23BrN4O3. The van der Waals surface area contributed by atoms with Gasteiger partial charge in [0.2, 0.25) is 11.8 Å². The molecule has 0 bridgehead atoms. The first-order valence-electron chi connectivity index (χ1n) is 9.95. The largest absolute Gasteiger partial charge is 0.450 e. The van der Waals surface area contributed by atoms with Crippen molar-refractivity contribution in [2.24, 2.45) is 0 Å². The summed E-state index contributed by atoms with van der Waals surface area (Å²) in [5.41, 5.74) is 1.95. The van der Waals surface area contributed by atoms with Gasteiger partial charge in [0, 0.05) is 36.2 Å². The standard InChI is InChI=1S/C22H23BrN4O3/c1-2-29-22(28)27-14-12-26(13-15-27)19(16-8-10-18(23)11-9-16)21-25-24-20(30-21)17-6-4-3-5-7-17/h3-11,19H,2,12-15H2,1H3/t19-/m1/s1. The first-order chi connectivity index (χ1) is 14.7. The molecule has 156 valence electrons. The summed E-state index contributed by atoms with van der Waals surface area (Å²) in [6.07, 6.45) is -0.263. The Hall–Kier alpha value is -2.71. The Balaban J connectivity index is 1.59. The van der Waals surface area contributed by atoms with Gasteiger partial charge in [-0.3, -0.25) is 4.90 Å². The molecule has 0 saturated carbocycles. The van der Waals surface area contributed by atoms with Crippen LogP contribution in [0.2, 0.25) is 0 Å². The molecule has 1 atom stereocenters. The van der Waals surface area contributed by atoms with E-state index in [-0.39, 0.29) is 12.1 Å². The third kappa shape index (κ3) is 4.55. The van der Waals surface area contributed by atoms with E-state index in [0.29, 0.717) is 44.6 Å². The van der Waals surface area contributed by atoms with Crippen LogP contribution in [0.15, 0.2) is 63.5 Å². The zero-order valence-electron chi connectivity index (χ0n) is 16.7. The van der Waals surface area contributed by atoms with Gasteiger partial charge in [-0.25, -0.2) is 4.79 Å². The highest BCUT2D eigenvalue weighted by Gasteiger charge is 2.32. The van der Waals surface area contributed by atoms with Crippen LogP contribution in [-0.4, -0.2) is 58.9 Å². The molecule has 2 heterocycles. The van der Waals surface area contributed by atoms with Gasteiger partial charge in [0.25, 0.3) is 0 Å². The predicted molar refractivity (Wildman–Crippen MR) is 116 cm³/mol. The van der Waals surface area contributed by atoms with E-state index in [1.54, 1.807) is 4.90 Å². The second-order valence-corrected chi connectivity index (χ2v) is 7.90. The Morgan fingerprint density at radius 2 is 1.77 bits per heavy atom. The zero-order chi connectivity index (χ0) is 20.9. The minimum Gasteiger partial charge on any atom is -0.450 e. The van der Waals surface area contributed by atoms with Crippen molar-refractivity contribution in [3.8, 4) is 11.5 Å². The van der Waals surface area contributed by atoms with Gasteiger partial charge in [-0.2, -0.15) is 0 Å². The van der Waals surface area contributed by atoms with Gasteiger partial charge in [-0.1, -0.05) is 46.3 Å². The summed E-state index contributed by atoms with van der Waals surface area (Å²) in [7, 11) is 0. The maximum Gasteiger partial charge on any atom is 0.409 e. The lowest BCUT2D eigenvalue weighted by molar-refractivity contribution is 0.0678. The van der Waals surface area contributed by atoms with Crippen LogP contribution in [0.25, 0.3) is 11.5 Å². The molecule has 1 saturated heterocycles. The number of rotatable bonds is 5. The van der Waals surface area contributed by atoms with Crippen LogP contribution >= 0.6 is 15.9 Å². The van der Waals surface area contributed by atoms with Gasteiger partial charge >= 0.3 is 6.09 Å². The number of benzene rings is 2. The molecule has 0 spiro atoms. The maximum atomic E-state index is 12.1. The number of hydrogen-bond acceptors (Lipinski definition) is 6. The van der Waals surface area contributed by atoms with Crippen molar-refractivity contribution in [1.82, 2.24) is 20.0 Å². The zero-order valence-corrected chi connectivity index (χ0v) is 18.3. The van der Waals surface area contributed by atoms with Gasteiger partial charge in [0.15, 0.2) is 0 Å². The van der Waals surface area contributed by atoms with Crippen LogP contribution in [0.4, 0.5) is 4.79 Å². The number of carbonyl (C=O) groups excluding carboxylic acids is 1. The monoisotopic (exact) mass is 470 g/mol. The third-order valence-corrected chi connectivity index (χ3v) is 5.62. The Bertz CT molecular complexity index is 970. The summed E-state index contributed by atoms with van der Waals surface area (Å²) in [5, 5.41) is 8.65. The summed E-state index contributed by atoms with van der Waals surface area (Å²) < 4.78 is 12.2. The SMILES string of the molecule is CCOC(=O)N1CCN([C@H](c2ccc(Br)cc2)c2nnc(-c3ccccc3)o2)CC1.